The molecule has 1 aliphatic heterocycles. The van der Waals surface area contributed by atoms with Gasteiger partial charge in [-0.3, -0.25) is 4.90 Å². The van der Waals surface area contributed by atoms with Crippen LogP contribution >= 0.6 is 11.6 Å². The van der Waals surface area contributed by atoms with Crippen LogP contribution in [0.3, 0.4) is 0 Å². The fourth-order valence-electron chi connectivity index (χ4n) is 3.71. The van der Waals surface area contributed by atoms with Crippen molar-refractivity contribution in [3.63, 3.8) is 0 Å². The Balaban J connectivity index is 1.72. The van der Waals surface area contributed by atoms with Crippen molar-refractivity contribution in [2.45, 2.75) is 38.0 Å². The molecule has 5 heteroatoms. The zero-order valence-electron chi connectivity index (χ0n) is 13.0. The van der Waals surface area contributed by atoms with Gasteiger partial charge in [-0.05, 0) is 30.5 Å². The second kappa shape index (κ2) is 7.18. The van der Waals surface area contributed by atoms with Crippen LogP contribution in [-0.2, 0) is 11.3 Å². The van der Waals surface area contributed by atoms with Gasteiger partial charge in [-0.2, -0.15) is 0 Å². The molecule has 1 aromatic rings. The van der Waals surface area contributed by atoms with Gasteiger partial charge in [-0.15, -0.1) is 0 Å². The molecule has 122 valence electrons. The molecular formula is C17H24ClNO3. The van der Waals surface area contributed by atoms with E-state index in [0.29, 0.717) is 29.3 Å². The summed E-state index contributed by atoms with van der Waals surface area (Å²) in [6, 6.07) is 6.24. The van der Waals surface area contributed by atoms with Gasteiger partial charge >= 0.3 is 0 Å². The number of halogens is 1. The fourth-order valence-corrected chi connectivity index (χ4v) is 3.99. The van der Waals surface area contributed by atoms with Crippen molar-refractivity contribution in [1.29, 1.82) is 0 Å². The van der Waals surface area contributed by atoms with E-state index in [0.717, 1.165) is 39.0 Å². The lowest BCUT2D eigenvalue weighted by Crippen LogP contribution is -2.50. The zero-order valence-corrected chi connectivity index (χ0v) is 13.8. The third-order valence-corrected chi connectivity index (χ3v) is 5.20. The number of hydrogen-bond donors (Lipinski definition) is 1. The van der Waals surface area contributed by atoms with E-state index in [-0.39, 0.29) is 6.10 Å². The summed E-state index contributed by atoms with van der Waals surface area (Å²) in [5, 5.41) is 10.9. The van der Waals surface area contributed by atoms with Crippen LogP contribution in [0.2, 0.25) is 5.02 Å². The van der Waals surface area contributed by atoms with Crippen molar-refractivity contribution in [2.24, 2.45) is 5.92 Å². The standard InChI is InChI=1S/C17H24ClNO3/c1-21-17-6-5-12(9-14(17)18)10-19-7-8-22-11-15(19)13-3-2-4-16(13)20/h5-6,9,13,15-16,20H,2-4,7-8,10-11H2,1H3/t13-,15+,16-/m0/s1. The molecule has 0 amide bonds. The summed E-state index contributed by atoms with van der Waals surface area (Å²) in [6.07, 6.45) is 2.94. The second-order valence-corrected chi connectivity index (χ2v) is 6.65. The molecule has 0 bridgehead atoms. The SMILES string of the molecule is COc1ccc(CN2CCOC[C@@H]2[C@@H]2CCC[C@@H]2O)cc1Cl. The lowest BCUT2D eigenvalue weighted by atomic mass is 9.94. The van der Waals surface area contributed by atoms with Crippen LogP contribution in [0.15, 0.2) is 18.2 Å². The molecule has 3 atom stereocenters. The van der Waals surface area contributed by atoms with Crippen LogP contribution in [0.4, 0.5) is 0 Å². The Labute approximate surface area is 137 Å². The van der Waals surface area contributed by atoms with Gasteiger partial charge < -0.3 is 14.6 Å². The maximum absolute atomic E-state index is 10.2. The highest BCUT2D eigenvalue weighted by Crippen LogP contribution is 2.33. The summed E-state index contributed by atoms with van der Waals surface area (Å²) in [6.45, 7) is 3.20. The molecule has 0 aromatic heterocycles. The van der Waals surface area contributed by atoms with Gasteiger partial charge in [0.1, 0.15) is 5.75 Å². The third-order valence-electron chi connectivity index (χ3n) is 4.91. The van der Waals surface area contributed by atoms with Gasteiger partial charge in [0, 0.05) is 25.0 Å². The highest BCUT2D eigenvalue weighted by molar-refractivity contribution is 6.32. The van der Waals surface area contributed by atoms with E-state index in [1.807, 2.05) is 12.1 Å². The molecule has 0 spiro atoms. The minimum Gasteiger partial charge on any atom is -0.495 e. The number of hydrogen-bond acceptors (Lipinski definition) is 4. The molecule has 22 heavy (non-hydrogen) atoms. The summed E-state index contributed by atoms with van der Waals surface area (Å²) in [5.41, 5.74) is 1.17. The number of methoxy groups -OCH3 is 1. The molecule has 2 aliphatic rings. The molecule has 0 unspecified atom stereocenters. The predicted octanol–water partition coefficient (Wildman–Crippen LogP) is 2.71. The van der Waals surface area contributed by atoms with E-state index in [4.69, 9.17) is 21.1 Å². The zero-order chi connectivity index (χ0) is 15.5. The van der Waals surface area contributed by atoms with Crippen molar-refractivity contribution < 1.29 is 14.6 Å². The summed E-state index contributed by atoms with van der Waals surface area (Å²) < 4.78 is 10.9. The maximum atomic E-state index is 10.2. The number of aliphatic hydroxyl groups is 1. The first-order chi connectivity index (χ1) is 10.7. The molecule has 2 fully saturated rings. The monoisotopic (exact) mass is 325 g/mol. The first-order valence-electron chi connectivity index (χ1n) is 8.01. The molecule has 1 aliphatic carbocycles. The summed E-state index contributed by atoms with van der Waals surface area (Å²) >= 11 is 6.23. The lowest BCUT2D eigenvalue weighted by molar-refractivity contribution is -0.0536. The van der Waals surface area contributed by atoms with Crippen molar-refractivity contribution >= 4 is 11.6 Å². The Bertz CT molecular complexity index is 511. The van der Waals surface area contributed by atoms with Crippen LogP contribution in [0.1, 0.15) is 24.8 Å². The van der Waals surface area contributed by atoms with E-state index in [9.17, 15) is 5.11 Å². The Morgan fingerprint density at radius 3 is 2.95 bits per heavy atom. The maximum Gasteiger partial charge on any atom is 0.137 e. The van der Waals surface area contributed by atoms with Crippen LogP contribution < -0.4 is 4.74 Å². The number of morpholine rings is 1. The summed E-state index contributed by atoms with van der Waals surface area (Å²) in [4.78, 5) is 2.43. The molecule has 1 saturated heterocycles. The summed E-state index contributed by atoms with van der Waals surface area (Å²) in [7, 11) is 1.63. The molecule has 3 rings (SSSR count). The van der Waals surface area contributed by atoms with Crippen LogP contribution in [0.5, 0.6) is 5.75 Å². The molecule has 1 aromatic carbocycles. The molecule has 1 saturated carbocycles. The van der Waals surface area contributed by atoms with Gasteiger partial charge in [0.2, 0.25) is 0 Å². The summed E-state index contributed by atoms with van der Waals surface area (Å²) in [5.74, 6) is 1.03. The number of rotatable bonds is 4. The Kier molecular flexibility index (Phi) is 5.24. The van der Waals surface area contributed by atoms with Crippen molar-refractivity contribution in [2.75, 3.05) is 26.9 Å². The van der Waals surface area contributed by atoms with Gasteiger partial charge in [-0.25, -0.2) is 0 Å². The Morgan fingerprint density at radius 1 is 1.41 bits per heavy atom. The first kappa shape index (κ1) is 16.1. The van der Waals surface area contributed by atoms with Gasteiger partial charge in [0.25, 0.3) is 0 Å². The highest BCUT2D eigenvalue weighted by atomic mass is 35.5. The van der Waals surface area contributed by atoms with Gasteiger partial charge in [0.15, 0.2) is 0 Å². The third kappa shape index (κ3) is 3.40. The van der Waals surface area contributed by atoms with Crippen LogP contribution in [0, 0.1) is 5.92 Å². The molecule has 0 radical (unpaired) electrons. The quantitative estimate of drug-likeness (QED) is 0.924. The Morgan fingerprint density at radius 2 is 2.27 bits per heavy atom. The molecular weight excluding hydrogens is 302 g/mol. The topological polar surface area (TPSA) is 41.9 Å². The van der Waals surface area contributed by atoms with Crippen molar-refractivity contribution in [3.05, 3.63) is 28.8 Å². The molecule has 4 nitrogen and oxygen atoms in total. The van der Waals surface area contributed by atoms with Crippen molar-refractivity contribution in [3.8, 4) is 5.75 Å². The second-order valence-electron chi connectivity index (χ2n) is 6.24. The number of nitrogens with zero attached hydrogens (tertiary/aromatic N) is 1. The predicted molar refractivity (Wildman–Crippen MR) is 86.4 cm³/mol. The number of benzene rings is 1. The smallest absolute Gasteiger partial charge is 0.137 e. The number of aliphatic hydroxyl groups excluding tert-OH is 1. The van der Waals surface area contributed by atoms with Gasteiger partial charge in [-0.1, -0.05) is 24.1 Å². The average molecular weight is 326 g/mol. The van der Waals surface area contributed by atoms with Crippen LogP contribution in [-0.4, -0.2) is 49.0 Å². The van der Waals surface area contributed by atoms with E-state index in [1.54, 1.807) is 7.11 Å². The average Bonchev–Trinajstić information content (AvgIpc) is 2.94. The lowest BCUT2D eigenvalue weighted by Gasteiger charge is -2.40. The van der Waals surface area contributed by atoms with E-state index >= 15 is 0 Å². The minimum atomic E-state index is -0.186. The van der Waals surface area contributed by atoms with E-state index < -0.39 is 0 Å². The molecule has 1 heterocycles. The first-order valence-corrected chi connectivity index (χ1v) is 8.39. The van der Waals surface area contributed by atoms with E-state index in [2.05, 4.69) is 11.0 Å². The Hall–Kier alpha value is -0.810. The number of ether oxygens (including phenoxy) is 2. The normalized spacial score (nSPS) is 29.7. The van der Waals surface area contributed by atoms with Crippen molar-refractivity contribution in [1.82, 2.24) is 4.90 Å². The highest BCUT2D eigenvalue weighted by Gasteiger charge is 2.37. The van der Waals surface area contributed by atoms with Crippen LogP contribution in [0.25, 0.3) is 0 Å². The molecule has 1 N–H and O–H groups in total. The minimum absolute atomic E-state index is 0.186. The van der Waals surface area contributed by atoms with E-state index in [1.165, 1.54) is 5.56 Å². The fraction of sp³-hybridized carbons (Fsp3) is 0.647. The largest absolute Gasteiger partial charge is 0.495 e. The van der Waals surface area contributed by atoms with Gasteiger partial charge in [0.05, 0.1) is 31.5 Å².